The highest BCUT2D eigenvalue weighted by Gasteiger charge is 2.34. The van der Waals surface area contributed by atoms with Crippen molar-refractivity contribution < 1.29 is 32.6 Å². The Hall–Kier alpha value is -4.54. The van der Waals surface area contributed by atoms with Crippen molar-refractivity contribution in [2.24, 2.45) is 0 Å². The SMILES string of the molecule is CCNC(=O)Nc1cc(-c2nc(C(F)(F)F)cs2)c(-c2cc3c(=O)c(C(=O)O)cn(C[C@@H]4CCCN4CC)c3cc2OCCN(C)C)cn1. The summed E-state index contributed by atoms with van der Waals surface area (Å²) in [5, 5.41) is 16.1. The van der Waals surface area contributed by atoms with Crippen LogP contribution in [0.25, 0.3) is 32.6 Å². The van der Waals surface area contributed by atoms with Gasteiger partial charge in [0.15, 0.2) is 5.69 Å². The maximum Gasteiger partial charge on any atom is 0.434 e. The number of carbonyl (C=O) groups is 2. The molecular weight excluding hydrogens is 663 g/mol. The van der Waals surface area contributed by atoms with E-state index >= 15 is 0 Å². The van der Waals surface area contributed by atoms with Gasteiger partial charge in [0.2, 0.25) is 5.43 Å². The highest BCUT2D eigenvalue weighted by molar-refractivity contribution is 7.13. The number of hydrogen-bond donors (Lipinski definition) is 3. The number of nitrogens with zero attached hydrogens (tertiary/aromatic N) is 5. The number of anilines is 1. The van der Waals surface area contributed by atoms with Gasteiger partial charge in [0.25, 0.3) is 0 Å². The highest BCUT2D eigenvalue weighted by Crippen LogP contribution is 2.42. The molecule has 16 heteroatoms. The number of rotatable bonds is 12. The predicted molar refractivity (Wildman–Crippen MR) is 182 cm³/mol. The molecule has 3 aromatic heterocycles. The topological polar surface area (TPSA) is 142 Å². The number of fused-ring (bicyclic) bond motifs is 1. The predicted octanol–water partition coefficient (Wildman–Crippen LogP) is 5.47. The summed E-state index contributed by atoms with van der Waals surface area (Å²) in [5.74, 6) is -1.01. The molecule has 0 spiro atoms. The van der Waals surface area contributed by atoms with Crippen LogP contribution in [0.5, 0.6) is 5.75 Å². The van der Waals surface area contributed by atoms with Gasteiger partial charge in [-0.25, -0.2) is 19.6 Å². The van der Waals surface area contributed by atoms with E-state index in [1.165, 1.54) is 24.5 Å². The molecule has 4 aromatic rings. The first-order valence-corrected chi connectivity index (χ1v) is 16.7. The Bertz CT molecular complexity index is 1910. The number of aromatic nitrogens is 3. The van der Waals surface area contributed by atoms with Crippen LogP contribution < -0.4 is 20.8 Å². The van der Waals surface area contributed by atoms with Gasteiger partial charge < -0.3 is 24.6 Å². The number of likely N-dealkylation sites (tertiary alicyclic amines) is 1. The van der Waals surface area contributed by atoms with E-state index in [4.69, 9.17) is 4.74 Å². The molecule has 0 saturated carbocycles. The number of alkyl halides is 3. The number of nitrogens with one attached hydrogen (secondary N) is 2. The van der Waals surface area contributed by atoms with Crippen LogP contribution in [0.4, 0.5) is 23.8 Å². The van der Waals surface area contributed by atoms with Crippen LogP contribution in [0, 0.1) is 0 Å². The van der Waals surface area contributed by atoms with E-state index < -0.39 is 34.9 Å². The number of halogens is 3. The zero-order valence-corrected chi connectivity index (χ0v) is 28.4. The molecule has 4 heterocycles. The summed E-state index contributed by atoms with van der Waals surface area (Å²) in [6, 6.07) is 4.15. The normalized spacial score (nSPS) is 15.2. The van der Waals surface area contributed by atoms with Gasteiger partial charge in [-0.15, -0.1) is 11.3 Å². The highest BCUT2D eigenvalue weighted by atomic mass is 32.1. The molecule has 1 aliphatic heterocycles. The summed E-state index contributed by atoms with van der Waals surface area (Å²) >= 11 is 0.757. The van der Waals surface area contributed by atoms with Crippen LogP contribution in [0.3, 0.4) is 0 Å². The smallest absolute Gasteiger partial charge is 0.434 e. The lowest BCUT2D eigenvalue weighted by molar-refractivity contribution is -0.140. The molecule has 49 heavy (non-hydrogen) atoms. The number of carbonyl (C=O) groups excluding carboxylic acids is 1. The maximum atomic E-state index is 13.7. The van der Waals surface area contributed by atoms with Crippen molar-refractivity contribution in [2.45, 2.75) is 45.5 Å². The minimum absolute atomic E-state index is 0.0133. The zero-order valence-electron chi connectivity index (χ0n) is 27.6. The molecule has 3 N–H and O–H groups in total. The molecule has 5 rings (SSSR count). The second-order valence-corrected chi connectivity index (χ2v) is 12.8. The lowest BCUT2D eigenvalue weighted by Crippen LogP contribution is -2.33. The summed E-state index contributed by atoms with van der Waals surface area (Å²) in [4.78, 5) is 50.8. The number of hydrogen-bond acceptors (Lipinski definition) is 9. The van der Waals surface area contributed by atoms with Gasteiger partial charge in [-0.3, -0.25) is 15.0 Å². The number of ether oxygens (including phenoxy) is 1. The average Bonchev–Trinajstić information content (AvgIpc) is 3.72. The zero-order chi connectivity index (χ0) is 35.5. The van der Waals surface area contributed by atoms with Gasteiger partial charge in [0.1, 0.15) is 28.7 Å². The van der Waals surface area contributed by atoms with Crippen LogP contribution in [0.15, 0.2) is 40.8 Å². The Morgan fingerprint density at radius 1 is 1.16 bits per heavy atom. The number of amides is 2. The monoisotopic (exact) mass is 701 g/mol. The number of pyridine rings is 2. The second-order valence-electron chi connectivity index (χ2n) is 11.9. The molecule has 1 atom stereocenters. The molecule has 1 fully saturated rings. The molecule has 1 aromatic carbocycles. The standard InChI is InChI=1S/C33H38F3N7O5S/c1-5-37-32(47)40-28-13-21(30-39-27(18-49-30)33(34,35)36)23(15-38-28)20-12-22-25(14-26(20)48-11-10-41(3)4)43(17-24(29(22)44)31(45)46)16-19-8-7-9-42(19)6-2/h12-15,17-19H,5-11,16H2,1-4H3,(H,45,46)(H2,37,38,40,47)/t19-/m0/s1. The third-order valence-corrected chi connectivity index (χ3v) is 9.19. The number of aromatic carboxylic acids is 1. The fraction of sp³-hybridized carbons (Fsp3) is 0.424. The van der Waals surface area contributed by atoms with Gasteiger partial charge in [0, 0.05) is 71.6 Å². The van der Waals surface area contributed by atoms with Gasteiger partial charge in [0.05, 0.1) is 5.52 Å². The van der Waals surface area contributed by atoms with Gasteiger partial charge in [-0.05, 0) is 59.1 Å². The van der Waals surface area contributed by atoms with E-state index in [-0.39, 0.29) is 40.0 Å². The summed E-state index contributed by atoms with van der Waals surface area (Å²) in [7, 11) is 3.75. The summed E-state index contributed by atoms with van der Waals surface area (Å²) in [5.41, 5.74) is -0.990. The lowest BCUT2D eigenvalue weighted by atomic mass is 9.98. The number of urea groups is 1. The molecule has 0 radical (unpaired) electrons. The average molecular weight is 702 g/mol. The largest absolute Gasteiger partial charge is 0.492 e. The number of benzene rings is 1. The van der Waals surface area contributed by atoms with Crippen molar-refractivity contribution in [3.63, 3.8) is 0 Å². The third-order valence-electron chi connectivity index (χ3n) is 8.32. The summed E-state index contributed by atoms with van der Waals surface area (Å²) in [6.45, 7) is 7.05. The minimum Gasteiger partial charge on any atom is -0.492 e. The van der Waals surface area contributed by atoms with Crippen LogP contribution in [-0.4, -0.2) is 94.4 Å². The molecule has 262 valence electrons. The van der Waals surface area contributed by atoms with E-state index in [2.05, 4.69) is 32.4 Å². The van der Waals surface area contributed by atoms with E-state index in [9.17, 15) is 32.7 Å². The first kappa shape index (κ1) is 35.8. The van der Waals surface area contributed by atoms with Crippen molar-refractivity contribution in [3.8, 4) is 27.4 Å². The summed E-state index contributed by atoms with van der Waals surface area (Å²) < 4.78 is 49.0. The molecule has 2 amide bonds. The molecule has 0 aliphatic carbocycles. The van der Waals surface area contributed by atoms with Crippen LogP contribution in [0.1, 0.15) is 42.7 Å². The number of likely N-dealkylation sites (N-methyl/N-ethyl adjacent to an activating group) is 2. The van der Waals surface area contributed by atoms with Crippen molar-refractivity contribution >= 4 is 40.1 Å². The fourth-order valence-electron chi connectivity index (χ4n) is 5.90. The van der Waals surface area contributed by atoms with E-state index in [0.717, 1.165) is 42.6 Å². The van der Waals surface area contributed by atoms with Crippen molar-refractivity contribution in [2.75, 3.05) is 52.2 Å². The van der Waals surface area contributed by atoms with Gasteiger partial charge in [-0.2, -0.15) is 13.2 Å². The first-order valence-electron chi connectivity index (χ1n) is 15.8. The van der Waals surface area contributed by atoms with Gasteiger partial charge >= 0.3 is 18.2 Å². The van der Waals surface area contributed by atoms with E-state index in [1.54, 1.807) is 17.6 Å². The molecule has 1 aliphatic rings. The number of carboxylic acid groups (broad SMARTS) is 1. The van der Waals surface area contributed by atoms with E-state index in [1.807, 2.05) is 19.0 Å². The van der Waals surface area contributed by atoms with E-state index in [0.29, 0.717) is 36.5 Å². The van der Waals surface area contributed by atoms with Crippen LogP contribution in [-0.2, 0) is 12.7 Å². The Balaban J connectivity index is 1.76. The Morgan fingerprint density at radius 2 is 1.94 bits per heavy atom. The number of thiazole rings is 1. The van der Waals surface area contributed by atoms with Gasteiger partial charge in [-0.1, -0.05) is 6.92 Å². The first-order chi connectivity index (χ1) is 23.3. The fourth-order valence-corrected chi connectivity index (χ4v) is 6.75. The molecule has 12 nitrogen and oxygen atoms in total. The molecule has 0 unspecified atom stereocenters. The number of carboxylic acids is 1. The van der Waals surface area contributed by atoms with Crippen LogP contribution in [0.2, 0.25) is 0 Å². The molecule has 0 bridgehead atoms. The van der Waals surface area contributed by atoms with Crippen LogP contribution >= 0.6 is 11.3 Å². The molecule has 1 saturated heterocycles. The van der Waals surface area contributed by atoms with Crippen molar-refractivity contribution in [1.29, 1.82) is 0 Å². The Kier molecular flexibility index (Phi) is 10.9. The maximum absolute atomic E-state index is 13.7. The Labute approximate surface area is 284 Å². The Morgan fingerprint density at radius 3 is 2.59 bits per heavy atom. The van der Waals surface area contributed by atoms with Crippen molar-refractivity contribution in [1.82, 2.24) is 29.7 Å². The second kappa shape index (κ2) is 14.9. The minimum atomic E-state index is -4.70. The summed E-state index contributed by atoms with van der Waals surface area (Å²) in [6.07, 6.45) is -0.0563. The third kappa shape index (κ3) is 8.03. The van der Waals surface area contributed by atoms with Crippen molar-refractivity contribution in [3.05, 3.63) is 57.5 Å². The lowest BCUT2D eigenvalue weighted by Gasteiger charge is -2.25. The quantitative estimate of drug-likeness (QED) is 0.175. The molecular formula is C33H38F3N7O5S.